The van der Waals surface area contributed by atoms with Crippen LogP contribution in [0.1, 0.15) is 87.0 Å². The second-order valence-electron chi connectivity index (χ2n) is 10.7. The number of allylic oxidation sites excluding steroid dienone is 5. The third kappa shape index (κ3) is 8.47. The highest BCUT2D eigenvalue weighted by molar-refractivity contribution is 6.99. The van der Waals surface area contributed by atoms with Crippen LogP contribution in [0.15, 0.2) is 95.6 Å². The molecule has 2 aromatic carbocycles. The van der Waals surface area contributed by atoms with Gasteiger partial charge in [-0.05, 0) is 67.8 Å². The molecule has 1 nitrogen and oxygen atoms in total. The molecule has 0 amide bonds. The van der Waals surface area contributed by atoms with E-state index in [0.717, 1.165) is 32.1 Å². The smallest absolute Gasteiger partial charge is 0.261 e. The molecule has 0 aromatic heterocycles. The van der Waals surface area contributed by atoms with E-state index < -0.39 is 8.32 Å². The Morgan fingerprint density at radius 2 is 1.23 bits per heavy atom. The molecule has 0 bridgehead atoms. The topological polar surface area (TPSA) is 9.23 Å². The van der Waals surface area contributed by atoms with Gasteiger partial charge in [0.15, 0.2) is 0 Å². The molecular weight excluding hydrogens is 440 g/mol. The van der Waals surface area contributed by atoms with E-state index in [1.54, 1.807) is 0 Å². The van der Waals surface area contributed by atoms with Crippen LogP contribution in [0.3, 0.4) is 0 Å². The molecule has 2 rings (SSSR count). The van der Waals surface area contributed by atoms with Crippen LogP contribution in [0, 0.1) is 0 Å². The minimum absolute atomic E-state index is 0.0142. The predicted octanol–water partition coefficient (Wildman–Crippen LogP) is 8.76. The van der Waals surface area contributed by atoms with Gasteiger partial charge in [0.25, 0.3) is 8.32 Å². The lowest BCUT2D eigenvalue weighted by Crippen LogP contribution is -2.66. The molecule has 0 unspecified atom stereocenters. The SMILES string of the molecule is CC/C(C)=C\CC/C(C)=C/CC/C(=C/CO[Si](c1ccccc1)(c1ccccc1)C(C)(C)C)CC. The summed E-state index contributed by atoms with van der Waals surface area (Å²) in [6.45, 7) is 16.7. The van der Waals surface area contributed by atoms with E-state index in [0.29, 0.717) is 6.61 Å². The van der Waals surface area contributed by atoms with Gasteiger partial charge < -0.3 is 4.43 Å². The molecule has 0 saturated carbocycles. The average molecular weight is 489 g/mol. The maximum Gasteiger partial charge on any atom is 0.261 e. The fourth-order valence-corrected chi connectivity index (χ4v) is 9.25. The van der Waals surface area contributed by atoms with Gasteiger partial charge in [0.05, 0.1) is 6.61 Å². The predicted molar refractivity (Wildman–Crippen MR) is 158 cm³/mol. The Morgan fingerprint density at radius 1 is 0.714 bits per heavy atom. The summed E-state index contributed by atoms with van der Waals surface area (Å²) in [5, 5.41) is 2.70. The minimum Gasteiger partial charge on any atom is -0.404 e. The highest BCUT2D eigenvalue weighted by Crippen LogP contribution is 2.36. The van der Waals surface area contributed by atoms with Crippen LogP contribution in [0.25, 0.3) is 0 Å². The molecule has 0 fully saturated rings. The second kappa shape index (κ2) is 14.4. The lowest BCUT2D eigenvalue weighted by atomic mass is 10.0. The highest BCUT2D eigenvalue weighted by atomic mass is 28.4. The second-order valence-corrected chi connectivity index (χ2v) is 15.0. The van der Waals surface area contributed by atoms with Crippen molar-refractivity contribution in [3.63, 3.8) is 0 Å². The molecular formula is C33H48OSi. The molecule has 2 heteroatoms. The highest BCUT2D eigenvalue weighted by Gasteiger charge is 2.49. The van der Waals surface area contributed by atoms with Crippen LogP contribution in [-0.2, 0) is 4.43 Å². The molecule has 35 heavy (non-hydrogen) atoms. The summed E-state index contributed by atoms with van der Waals surface area (Å²) in [6.07, 6.45) is 14.0. The summed E-state index contributed by atoms with van der Waals surface area (Å²) in [5.74, 6) is 0. The van der Waals surface area contributed by atoms with Gasteiger partial charge in [-0.25, -0.2) is 0 Å². The molecule has 0 aliphatic rings. The van der Waals surface area contributed by atoms with E-state index in [1.165, 1.54) is 33.5 Å². The van der Waals surface area contributed by atoms with Gasteiger partial charge in [0.2, 0.25) is 0 Å². The molecule has 0 heterocycles. The molecule has 0 spiro atoms. The summed E-state index contributed by atoms with van der Waals surface area (Å²) >= 11 is 0. The summed E-state index contributed by atoms with van der Waals surface area (Å²) in [5.41, 5.74) is 4.49. The minimum atomic E-state index is -2.47. The van der Waals surface area contributed by atoms with Crippen molar-refractivity contribution >= 4 is 18.7 Å². The van der Waals surface area contributed by atoms with Gasteiger partial charge in [0.1, 0.15) is 0 Å². The third-order valence-corrected chi connectivity index (χ3v) is 12.1. The van der Waals surface area contributed by atoms with E-state index in [4.69, 9.17) is 4.43 Å². The molecule has 2 aromatic rings. The first kappa shape index (κ1) is 29.1. The Balaban J connectivity index is 2.15. The maximum absolute atomic E-state index is 7.05. The monoisotopic (exact) mass is 488 g/mol. The van der Waals surface area contributed by atoms with Gasteiger partial charge in [-0.15, -0.1) is 0 Å². The average Bonchev–Trinajstić information content (AvgIpc) is 2.85. The van der Waals surface area contributed by atoms with Crippen LogP contribution in [-0.4, -0.2) is 14.9 Å². The molecule has 0 saturated heterocycles. The van der Waals surface area contributed by atoms with Crippen molar-refractivity contribution in [2.24, 2.45) is 0 Å². The Kier molecular flexibility index (Phi) is 12.0. The number of hydrogen-bond acceptors (Lipinski definition) is 1. The summed E-state index contributed by atoms with van der Waals surface area (Å²) in [4.78, 5) is 0. The van der Waals surface area contributed by atoms with Crippen LogP contribution in [0.2, 0.25) is 5.04 Å². The van der Waals surface area contributed by atoms with Crippen molar-refractivity contribution in [1.82, 2.24) is 0 Å². The van der Waals surface area contributed by atoms with Gasteiger partial charge in [-0.2, -0.15) is 0 Å². The number of rotatable bonds is 13. The number of hydrogen-bond donors (Lipinski definition) is 0. The fourth-order valence-electron chi connectivity index (χ4n) is 4.77. The van der Waals surface area contributed by atoms with Crippen LogP contribution < -0.4 is 10.4 Å². The normalized spacial score (nSPS) is 13.9. The fraction of sp³-hybridized carbons (Fsp3) is 0.455. The first-order valence-electron chi connectivity index (χ1n) is 13.5. The zero-order valence-electron chi connectivity index (χ0n) is 23.4. The van der Waals surface area contributed by atoms with E-state index in [1.807, 2.05) is 0 Å². The lowest BCUT2D eigenvalue weighted by molar-refractivity contribution is 0.338. The molecule has 0 aliphatic carbocycles. The van der Waals surface area contributed by atoms with Crippen molar-refractivity contribution in [3.8, 4) is 0 Å². The Labute approximate surface area is 217 Å². The zero-order valence-corrected chi connectivity index (χ0v) is 24.4. The van der Waals surface area contributed by atoms with E-state index >= 15 is 0 Å². The lowest BCUT2D eigenvalue weighted by Gasteiger charge is -2.42. The molecule has 0 N–H and O–H groups in total. The standard InChI is InChI=1S/C33H48OSi/c1-8-28(3)18-16-19-29(4)20-17-21-30(9-2)26-27-34-35(33(5,6)7,31-22-12-10-13-23-31)32-24-14-11-15-25-32/h10-15,18,20,22-26H,8-9,16-17,19,21,27H2,1-7H3/b28-18-,29-20+,30-26+. The van der Waals surface area contributed by atoms with Crippen molar-refractivity contribution < 1.29 is 4.43 Å². The Hall–Kier alpha value is -2.16. The molecule has 0 aliphatic heterocycles. The molecule has 190 valence electrons. The quantitative estimate of drug-likeness (QED) is 0.202. The summed E-state index contributed by atoms with van der Waals surface area (Å²) < 4.78 is 7.05. The van der Waals surface area contributed by atoms with E-state index in [9.17, 15) is 0 Å². The largest absolute Gasteiger partial charge is 0.404 e. The summed E-state index contributed by atoms with van der Waals surface area (Å²) in [6, 6.07) is 21.9. The summed E-state index contributed by atoms with van der Waals surface area (Å²) in [7, 11) is -2.47. The van der Waals surface area contributed by atoms with Crippen LogP contribution in [0.4, 0.5) is 0 Å². The van der Waals surface area contributed by atoms with Gasteiger partial charge in [-0.3, -0.25) is 0 Å². The van der Waals surface area contributed by atoms with Gasteiger partial charge in [-0.1, -0.05) is 130 Å². The van der Waals surface area contributed by atoms with Crippen molar-refractivity contribution in [2.45, 2.75) is 92.0 Å². The molecule has 0 radical (unpaired) electrons. The Bertz CT molecular complexity index is 922. The van der Waals surface area contributed by atoms with Gasteiger partial charge >= 0.3 is 0 Å². The Morgan fingerprint density at radius 3 is 1.71 bits per heavy atom. The molecule has 0 atom stereocenters. The van der Waals surface area contributed by atoms with Crippen LogP contribution >= 0.6 is 0 Å². The van der Waals surface area contributed by atoms with Crippen LogP contribution in [0.5, 0.6) is 0 Å². The van der Waals surface area contributed by atoms with Crippen molar-refractivity contribution in [2.75, 3.05) is 6.61 Å². The zero-order chi connectivity index (χ0) is 25.7. The van der Waals surface area contributed by atoms with E-state index in [2.05, 4.69) is 127 Å². The maximum atomic E-state index is 7.05. The van der Waals surface area contributed by atoms with E-state index in [-0.39, 0.29) is 5.04 Å². The van der Waals surface area contributed by atoms with Crippen molar-refractivity contribution in [3.05, 3.63) is 95.6 Å². The van der Waals surface area contributed by atoms with Gasteiger partial charge in [0, 0.05) is 0 Å². The van der Waals surface area contributed by atoms with Crippen molar-refractivity contribution in [1.29, 1.82) is 0 Å². The third-order valence-electron chi connectivity index (χ3n) is 7.09. The first-order valence-corrected chi connectivity index (χ1v) is 15.4. The first-order chi connectivity index (χ1) is 16.7. The number of benzene rings is 2.